The first kappa shape index (κ1) is 18.2. The number of benzene rings is 1. The molecule has 1 N–H and O–H groups in total. The highest BCUT2D eigenvalue weighted by atomic mass is 32.1. The minimum absolute atomic E-state index is 0.0222. The molecule has 0 atom stereocenters. The molecule has 25 heavy (non-hydrogen) atoms. The lowest BCUT2D eigenvalue weighted by molar-refractivity contribution is -0.117. The van der Waals surface area contributed by atoms with Gasteiger partial charge in [0.15, 0.2) is 0 Å². The lowest BCUT2D eigenvalue weighted by Gasteiger charge is -2.35. The Labute approximate surface area is 153 Å². The van der Waals surface area contributed by atoms with E-state index in [1.807, 2.05) is 18.2 Å². The van der Waals surface area contributed by atoms with Crippen LogP contribution in [-0.4, -0.2) is 63.7 Å². The van der Waals surface area contributed by atoms with Crippen molar-refractivity contribution in [3.8, 4) is 0 Å². The van der Waals surface area contributed by atoms with Gasteiger partial charge in [0.05, 0.1) is 24.0 Å². The van der Waals surface area contributed by atoms with E-state index < -0.39 is 0 Å². The summed E-state index contributed by atoms with van der Waals surface area (Å²) >= 11 is 1.17. The van der Waals surface area contributed by atoms with Gasteiger partial charge in [-0.1, -0.05) is 32.8 Å². The first-order valence-electron chi connectivity index (χ1n) is 9.15. The number of carbonyl (C=O) groups excluding carboxylic acids is 1. The minimum Gasteiger partial charge on any atom is -0.323 e. The molecule has 1 fully saturated rings. The molecular formula is C18H27N5OS. The summed E-state index contributed by atoms with van der Waals surface area (Å²) in [6, 6.07) is 5.69. The van der Waals surface area contributed by atoms with Crippen molar-refractivity contribution in [3.05, 3.63) is 18.2 Å². The van der Waals surface area contributed by atoms with Crippen LogP contribution in [0.3, 0.4) is 0 Å². The summed E-state index contributed by atoms with van der Waals surface area (Å²) in [5.41, 5.74) is 2.36. The summed E-state index contributed by atoms with van der Waals surface area (Å²) in [4.78, 5) is 17.2. The van der Waals surface area contributed by atoms with E-state index in [4.69, 9.17) is 0 Å². The van der Waals surface area contributed by atoms with Gasteiger partial charge in [-0.2, -0.15) is 8.75 Å². The molecule has 1 aromatic carbocycles. The molecule has 3 rings (SSSR count). The molecule has 1 saturated heterocycles. The van der Waals surface area contributed by atoms with Crippen LogP contribution in [0.4, 0.5) is 5.69 Å². The van der Waals surface area contributed by atoms with E-state index >= 15 is 0 Å². The molecule has 0 spiro atoms. The third-order valence-electron chi connectivity index (χ3n) is 5.06. The van der Waals surface area contributed by atoms with E-state index in [1.165, 1.54) is 31.1 Å². The number of anilines is 1. The number of nitrogens with zero attached hydrogens (tertiary/aromatic N) is 4. The molecule has 2 heterocycles. The summed E-state index contributed by atoms with van der Waals surface area (Å²) in [5.74, 6) is 0.816. The van der Waals surface area contributed by atoms with Gasteiger partial charge in [-0.15, -0.1) is 0 Å². The van der Waals surface area contributed by atoms with Gasteiger partial charge in [0.1, 0.15) is 11.0 Å². The van der Waals surface area contributed by atoms with Crippen LogP contribution in [0.5, 0.6) is 0 Å². The van der Waals surface area contributed by atoms with E-state index in [9.17, 15) is 4.79 Å². The largest absolute Gasteiger partial charge is 0.323 e. The maximum atomic E-state index is 12.4. The predicted molar refractivity (Wildman–Crippen MR) is 103 cm³/mol. The highest BCUT2D eigenvalue weighted by molar-refractivity contribution is 7.00. The van der Waals surface area contributed by atoms with Crippen molar-refractivity contribution >= 4 is 34.4 Å². The minimum atomic E-state index is 0.0222. The number of aromatic nitrogens is 2. The molecule has 1 amide bonds. The van der Waals surface area contributed by atoms with Crippen LogP contribution in [0.1, 0.15) is 26.7 Å². The molecule has 0 aliphatic carbocycles. The summed E-state index contributed by atoms with van der Waals surface area (Å²) in [6.45, 7) is 10.2. The van der Waals surface area contributed by atoms with Gasteiger partial charge in [-0.3, -0.25) is 9.69 Å². The number of amides is 1. The van der Waals surface area contributed by atoms with E-state index in [0.29, 0.717) is 6.54 Å². The molecule has 1 aliphatic rings. The smallest absolute Gasteiger partial charge is 0.238 e. The average molecular weight is 362 g/mol. The van der Waals surface area contributed by atoms with Crippen molar-refractivity contribution in [2.45, 2.75) is 26.7 Å². The van der Waals surface area contributed by atoms with Gasteiger partial charge < -0.3 is 10.2 Å². The molecule has 136 valence electrons. The molecule has 0 unspecified atom stereocenters. The Bertz CT molecular complexity index is 692. The standard InChI is InChI=1S/C18H27N5OS/c1-3-14(4-2)12-22-8-10-23(11-9-22)13-17(24)19-15-6-5-7-16-18(15)21-25-20-16/h5-7,14H,3-4,8-13H2,1-2H3,(H,19,24). The molecule has 0 radical (unpaired) electrons. The highest BCUT2D eigenvalue weighted by Gasteiger charge is 2.21. The van der Waals surface area contributed by atoms with Gasteiger partial charge in [0, 0.05) is 32.7 Å². The Balaban J connectivity index is 1.47. The Morgan fingerprint density at radius 1 is 1.16 bits per heavy atom. The molecule has 0 bridgehead atoms. The third kappa shape index (κ3) is 4.74. The summed E-state index contributed by atoms with van der Waals surface area (Å²) in [7, 11) is 0. The van der Waals surface area contributed by atoms with Crippen molar-refractivity contribution in [1.82, 2.24) is 18.5 Å². The van der Waals surface area contributed by atoms with E-state index in [1.54, 1.807) is 0 Å². The second kappa shape index (κ2) is 8.69. The van der Waals surface area contributed by atoms with Gasteiger partial charge in [0.25, 0.3) is 0 Å². The van der Waals surface area contributed by atoms with Crippen LogP contribution in [-0.2, 0) is 4.79 Å². The molecule has 6 nitrogen and oxygen atoms in total. The van der Waals surface area contributed by atoms with Crippen LogP contribution in [0.2, 0.25) is 0 Å². The summed E-state index contributed by atoms with van der Waals surface area (Å²) in [5, 5.41) is 2.99. The van der Waals surface area contributed by atoms with E-state index in [-0.39, 0.29) is 5.91 Å². The third-order valence-corrected chi connectivity index (χ3v) is 5.61. The SMILES string of the molecule is CCC(CC)CN1CCN(CC(=O)Nc2cccc3nsnc23)CC1. The number of hydrogen-bond acceptors (Lipinski definition) is 6. The monoisotopic (exact) mass is 361 g/mol. The first-order valence-corrected chi connectivity index (χ1v) is 9.88. The van der Waals surface area contributed by atoms with Gasteiger partial charge in [-0.25, -0.2) is 0 Å². The number of piperazine rings is 1. The molecule has 7 heteroatoms. The molecular weight excluding hydrogens is 334 g/mol. The van der Waals surface area contributed by atoms with Crippen LogP contribution in [0, 0.1) is 5.92 Å². The highest BCUT2D eigenvalue weighted by Crippen LogP contribution is 2.21. The van der Waals surface area contributed by atoms with E-state index in [2.05, 4.69) is 37.7 Å². The number of hydrogen-bond donors (Lipinski definition) is 1. The lowest BCUT2D eigenvalue weighted by atomic mass is 10.0. The van der Waals surface area contributed by atoms with Gasteiger partial charge in [0.2, 0.25) is 5.91 Å². The predicted octanol–water partition coefficient (Wildman–Crippen LogP) is 2.68. The Hall–Kier alpha value is -1.57. The number of fused-ring (bicyclic) bond motifs is 1. The second-order valence-electron chi connectivity index (χ2n) is 6.74. The Kier molecular flexibility index (Phi) is 6.34. The topological polar surface area (TPSA) is 61.4 Å². The Morgan fingerprint density at radius 2 is 1.88 bits per heavy atom. The molecule has 0 saturated carbocycles. The fraction of sp³-hybridized carbons (Fsp3) is 0.611. The quantitative estimate of drug-likeness (QED) is 0.821. The molecule has 2 aromatic rings. The van der Waals surface area contributed by atoms with Gasteiger partial charge in [-0.05, 0) is 18.1 Å². The number of carbonyl (C=O) groups is 1. The van der Waals surface area contributed by atoms with Crippen LogP contribution < -0.4 is 5.32 Å². The van der Waals surface area contributed by atoms with Crippen molar-refractivity contribution in [1.29, 1.82) is 0 Å². The summed E-state index contributed by atoms with van der Waals surface area (Å²) < 4.78 is 8.48. The van der Waals surface area contributed by atoms with Crippen LogP contribution >= 0.6 is 11.7 Å². The Morgan fingerprint density at radius 3 is 2.60 bits per heavy atom. The van der Waals surface area contributed by atoms with E-state index in [0.717, 1.165) is 48.8 Å². The van der Waals surface area contributed by atoms with Crippen molar-refractivity contribution < 1.29 is 4.79 Å². The van der Waals surface area contributed by atoms with Crippen molar-refractivity contribution in [2.24, 2.45) is 5.92 Å². The van der Waals surface area contributed by atoms with Gasteiger partial charge >= 0.3 is 0 Å². The maximum absolute atomic E-state index is 12.4. The van der Waals surface area contributed by atoms with Crippen LogP contribution in [0.25, 0.3) is 11.0 Å². The maximum Gasteiger partial charge on any atom is 0.238 e. The van der Waals surface area contributed by atoms with Crippen molar-refractivity contribution in [3.63, 3.8) is 0 Å². The zero-order chi connectivity index (χ0) is 17.6. The molecule has 1 aliphatic heterocycles. The fourth-order valence-electron chi connectivity index (χ4n) is 3.34. The normalized spacial score (nSPS) is 16.6. The lowest BCUT2D eigenvalue weighted by Crippen LogP contribution is -2.49. The first-order chi connectivity index (χ1) is 12.2. The fourth-order valence-corrected chi connectivity index (χ4v) is 3.89. The van der Waals surface area contributed by atoms with Crippen LogP contribution in [0.15, 0.2) is 18.2 Å². The zero-order valence-electron chi connectivity index (χ0n) is 15.1. The second-order valence-corrected chi connectivity index (χ2v) is 7.27. The number of nitrogens with one attached hydrogen (secondary N) is 1. The average Bonchev–Trinajstić information content (AvgIpc) is 3.11. The number of rotatable bonds is 7. The van der Waals surface area contributed by atoms with Crippen molar-refractivity contribution in [2.75, 3.05) is 44.6 Å². The summed E-state index contributed by atoms with van der Waals surface area (Å²) in [6.07, 6.45) is 2.49. The molecule has 1 aromatic heterocycles. The zero-order valence-corrected chi connectivity index (χ0v) is 15.9.